The van der Waals surface area contributed by atoms with Crippen LogP contribution in [0.1, 0.15) is 16.8 Å². The van der Waals surface area contributed by atoms with E-state index >= 15 is 0 Å². The molecule has 148 valence electrons. The van der Waals surface area contributed by atoms with Crippen molar-refractivity contribution >= 4 is 12.0 Å². The highest BCUT2D eigenvalue weighted by atomic mass is 16.5. The first kappa shape index (κ1) is 18.8. The molecule has 0 radical (unpaired) electrons. The molecule has 0 aliphatic carbocycles. The van der Waals surface area contributed by atoms with Crippen molar-refractivity contribution in [3.8, 4) is 22.8 Å². The van der Waals surface area contributed by atoms with Crippen LogP contribution < -0.4 is 9.47 Å². The second kappa shape index (κ2) is 8.22. The van der Waals surface area contributed by atoms with Crippen LogP contribution in [0.4, 0.5) is 0 Å². The van der Waals surface area contributed by atoms with E-state index in [9.17, 15) is 4.79 Å². The number of H-pyrrole nitrogens is 1. The van der Waals surface area contributed by atoms with Crippen molar-refractivity contribution in [3.63, 3.8) is 0 Å². The second-order valence-corrected chi connectivity index (χ2v) is 6.85. The standard InChI is InChI=1S/C23H23N3O3/c1-28-20-10-8-16(14-21(20)29-2)9-11-22(27)26-13-12-19-18(15-26)23(25-24-19)17-6-4-3-5-7-17/h3-11,14H,12-13,15H2,1-2H3,(H,24,25)/b11-9+. The highest BCUT2D eigenvalue weighted by molar-refractivity contribution is 5.92. The minimum Gasteiger partial charge on any atom is -0.493 e. The molecule has 0 saturated heterocycles. The van der Waals surface area contributed by atoms with Crippen LogP contribution in [0.2, 0.25) is 0 Å². The Morgan fingerprint density at radius 2 is 1.90 bits per heavy atom. The van der Waals surface area contributed by atoms with Gasteiger partial charge in [0, 0.05) is 42.4 Å². The molecule has 1 amide bonds. The molecule has 0 fully saturated rings. The molecule has 0 saturated carbocycles. The highest BCUT2D eigenvalue weighted by Gasteiger charge is 2.24. The summed E-state index contributed by atoms with van der Waals surface area (Å²) in [5.41, 5.74) is 5.05. The third kappa shape index (κ3) is 3.87. The smallest absolute Gasteiger partial charge is 0.246 e. The van der Waals surface area contributed by atoms with E-state index in [1.54, 1.807) is 26.4 Å². The summed E-state index contributed by atoms with van der Waals surface area (Å²) >= 11 is 0. The highest BCUT2D eigenvalue weighted by Crippen LogP contribution is 2.29. The maximum absolute atomic E-state index is 12.8. The van der Waals surface area contributed by atoms with E-state index in [1.807, 2.05) is 53.4 Å². The number of aromatic nitrogens is 2. The van der Waals surface area contributed by atoms with Gasteiger partial charge in [-0.3, -0.25) is 9.89 Å². The molecule has 4 rings (SSSR count). The Morgan fingerprint density at radius 3 is 2.66 bits per heavy atom. The minimum atomic E-state index is -0.0225. The quantitative estimate of drug-likeness (QED) is 0.676. The number of hydrogen-bond donors (Lipinski definition) is 1. The van der Waals surface area contributed by atoms with Gasteiger partial charge in [0.15, 0.2) is 11.5 Å². The van der Waals surface area contributed by atoms with Crippen LogP contribution in [0.25, 0.3) is 17.3 Å². The lowest BCUT2D eigenvalue weighted by Crippen LogP contribution is -2.34. The van der Waals surface area contributed by atoms with E-state index in [2.05, 4.69) is 10.2 Å². The van der Waals surface area contributed by atoms with Crippen molar-refractivity contribution in [3.05, 3.63) is 71.4 Å². The molecule has 6 heteroatoms. The Bertz CT molecular complexity index is 1040. The van der Waals surface area contributed by atoms with Crippen LogP contribution in [0, 0.1) is 0 Å². The Labute approximate surface area is 169 Å². The van der Waals surface area contributed by atoms with Gasteiger partial charge < -0.3 is 14.4 Å². The van der Waals surface area contributed by atoms with Crippen molar-refractivity contribution in [1.82, 2.24) is 15.1 Å². The predicted octanol–water partition coefficient (Wildman–Crippen LogP) is 3.69. The number of nitrogens with zero attached hydrogens (tertiary/aromatic N) is 2. The van der Waals surface area contributed by atoms with E-state index in [0.717, 1.165) is 34.5 Å². The van der Waals surface area contributed by atoms with Crippen molar-refractivity contribution in [2.45, 2.75) is 13.0 Å². The largest absolute Gasteiger partial charge is 0.493 e. The van der Waals surface area contributed by atoms with E-state index in [4.69, 9.17) is 9.47 Å². The van der Waals surface area contributed by atoms with Crippen LogP contribution in [0.5, 0.6) is 11.5 Å². The monoisotopic (exact) mass is 389 g/mol. The van der Waals surface area contributed by atoms with Crippen LogP contribution in [0.15, 0.2) is 54.6 Å². The van der Waals surface area contributed by atoms with Gasteiger partial charge in [0.25, 0.3) is 0 Å². The topological polar surface area (TPSA) is 67.5 Å². The first-order chi connectivity index (χ1) is 14.2. The van der Waals surface area contributed by atoms with E-state index < -0.39 is 0 Å². The van der Waals surface area contributed by atoms with Crippen LogP contribution in [0.3, 0.4) is 0 Å². The Hall–Kier alpha value is -3.54. The number of nitrogens with one attached hydrogen (secondary N) is 1. The van der Waals surface area contributed by atoms with Crippen molar-refractivity contribution in [1.29, 1.82) is 0 Å². The molecule has 0 bridgehead atoms. The summed E-state index contributed by atoms with van der Waals surface area (Å²) in [6.07, 6.45) is 4.17. The van der Waals surface area contributed by atoms with Crippen molar-refractivity contribution < 1.29 is 14.3 Å². The molecule has 1 aromatic heterocycles. The molecule has 1 N–H and O–H groups in total. The molecular formula is C23H23N3O3. The van der Waals surface area contributed by atoms with Gasteiger partial charge in [-0.2, -0.15) is 5.10 Å². The van der Waals surface area contributed by atoms with Gasteiger partial charge in [-0.15, -0.1) is 0 Å². The van der Waals surface area contributed by atoms with Crippen molar-refractivity contribution in [2.24, 2.45) is 0 Å². The molecule has 29 heavy (non-hydrogen) atoms. The van der Waals surface area contributed by atoms with E-state index in [-0.39, 0.29) is 5.91 Å². The maximum atomic E-state index is 12.8. The van der Waals surface area contributed by atoms with Crippen molar-refractivity contribution in [2.75, 3.05) is 20.8 Å². The number of carbonyl (C=O) groups excluding carboxylic acids is 1. The van der Waals surface area contributed by atoms with E-state index in [0.29, 0.717) is 24.6 Å². The summed E-state index contributed by atoms with van der Waals surface area (Å²) in [4.78, 5) is 14.6. The fraction of sp³-hybridized carbons (Fsp3) is 0.217. The van der Waals surface area contributed by atoms with Gasteiger partial charge >= 0.3 is 0 Å². The zero-order chi connectivity index (χ0) is 20.2. The number of benzene rings is 2. The molecule has 6 nitrogen and oxygen atoms in total. The SMILES string of the molecule is COc1ccc(/C=C/C(=O)N2CCc3[nH]nc(-c4ccccc4)c3C2)cc1OC. The molecule has 2 heterocycles. The Kier molecular flexibility index (Phi) is 5.33. The summed E-state index contributed by atoms with van der Waals surface area (Å²) in [5, 5.41) is 7.62. The number of methoxy groups -OCH3 is 2. The molecule has 0 spiro atoms. The number of carbonyl (C=O) groups is 1. The number of rotatable bonds is 5. The summed E-state index contributed by atoms with van der Waals surface area (Å²) in [6.45, 7) is 1.21. The zero-order valence-corrected chi connectivity index (χ0v) is 16.5. The van der Waals surface area contributed by atoms with Crippen LogP contribution in [-0.4, -0.2) is 41.8 Å². The number of ether oxygens (including phenoxy) is 2. The Balaban J connectivity index is 1.50. The van der Waals surface area contributed by atoms with Gasteiger partial charge in [-0.1, -0.05) is 36.4 Å². The normalized spacial score (nSPS) is 13.4. The summed E-state index contributed by atoms with van der Waals surface area (Å²) < 4.78 is 10.6. The first-order valence-electron chi connectivity index (χ1n) is 9.50. The molecular weight excluding hydrogens is 366 g/mol. The summed E-state index contributed by atoms with van der Waals surface area (Å²) in [7, 11) is 3.19. The fourth-order valence-corrected chi connectivity index (χ4v) is 3.55. The predicted molar refractivity (Wildman–Crippen MR) is 112 cm³/mol. The summed E-state index contributed by atoms with van der Waals surface area (Å²) in [5.74, 6) is 1.27. The summed E-state index contributed by atoms with van der Waals surface area (Å²) in [6, 6.07) is 15.6. The average molecular weight is 389 g/mol. The van der Waals surface area contributed by atoms with Gasteiger partial charge in [-0.25, -0.2) is 0 Å². The Morgan fingerprint density at radius 1 is 1.10 bits per heavy atom. The fourth-order valence-electron chi connectivity index (χ4n) is 3.55. The van der Waals surface area contributed by atoms with Crippen LogP contribution in [-0.2, 0) is 17.8 Å². The molecule has 0 atom stereocenters. The molecule has 0 unspecified atom stereocenters. The minimum absolute atomic E-state index is 0.0225. The molecule has 2 aromatic carbocycles. The maximum Gasteiger partial charge on any atom is 0.246 e. The van der Waals surface area contributed by atoms with Crippen LogP contribution >= 0.6 is 0 Å². The second-order valence-electron chi connectivity index (χ2n) is 6.85. The van der Waals surface area contributed by atoms with Gasteiger partial charge in [0.1, 0.15) is 0 Å². The third-order valence-corrected chi connectivity index (χ3v) is 5.12. The lowest BCUT2D eigenvalue weighted by atomic mass is 10.0. The van der Waals surface area contributed by atoms with Gasteiger partial charge in [0.2, 0.25) is 5.91 Å². The van der Waals surface area contributed by atoms with Gasteiger partial charge in [-0.05, 0) is 23.8 Å². The number of aromatic amines is 1. The average Bonchev–Trinajstić information content (AvgIpc) is 3.21. The molecule has 1 aliphatic rings. The third-order valence-electron chi connectivity index (χ3n) is 5.12. The molecule has 3 aromatic rings. The van der Waals surface area contributed by atoms with E-state index in [1.165, 1.54) is 0 Å². The number of amides is 1. The zero-order valence-electron chi connectivity index (χ0n) is 16.5. The van der Waals surface area contributed by atoms with Gasteiger partial charge in [0.05, 0.1) is 19.9 Å². The number of fused-ring (bicyclic) bond motifs is 1. The number of hydrogen-bond acceptors (Lipinski definition) is 4. The lowest BCUT2D eigenvalue weighted by molar-refractivity contribution is -0.126. The molecule has 1 aliphatic heterocycles. The lowest BCUT2D eigenvalue weighted by Gasteiger charge is -2.26. The first-order valence-corrected chi connectivity index (χ1v) is 9.50.